The van der Waals surface area contributed by atoms with E-state index >= 15 is 0 Å². The zero-order valence-corrected chi connectivity index (χ0v) is 35.8. The maximum atomic E-state index is 6.42. The monoisotopic (exact) mass is 794 g/mol. The number of nitrogens with one attached hydrogen (secondary N) is 1. The van der Waals surface area contributed by atoms with Crippen molar-refractivity contribution in [2.24, 2.45) is 0 Å². The smallest absolute Gasteiger partial charge is 0.512 e. The van der Waals surface area contributed by atoms with Gasteiger partial charge in [0.05, 0.1) is 37.2 Å². The van der Waals surface area contributed by atoms with Gasteiger partial charge in [-0.25, -0.2) is 19.9 Å². The number of nitrogens with zero attached hydrogens (tertiary/aromatic N) is 8. The van der Waals surface area contributed by atoms with Crippen LogP contribution in [0, 0.1) is 11.8 Å². The summed E-state index contributed by atoms with van der Waals surface area (Å²) in [6.45, 7) is 16.4. The minimum absolute atomic E-state index is 0. The molecule has 4 aliphatic heterocycles. The molecule has 2 saturated carbocycles. The fraction of sp³-hybridized carbons (Fsp3) is 0.658. The number of hydrogen-bond donors (Lipinski definition) is 1. The summed E-state index contributed by atoms with van der Waals surface area (Å²) >= 11 is 3.56. The van der Waals surface area contributed by atoms with Gasteiger partial charge in [0, 0.05) is 82.6 Å². The van der Waals surface area contributed by atoms with E-state index in [2.05, 4.69) is 47.0 Å². The largest absolute Gasteiger partial charge is 1.00 e. The maximum Gasteiger partial charge on any atom is 1.00 e. The fourth-order valence-electron chi connectivity index (χ4n) is 8.95. The molecule has 55 heavy (non-hydrogen) atoms. The number of aromatic nitrogens is 4. The Labute approximate surface area is 356 Å². The van der Waals surface area contributed by atoms with Crippen molar-refractivity contribution >= 4 is 51.5 Å². The number of morpholine rings is 2. The van der Waals surface area contributed by atoms with E-state index in [0.29, 0.717) is 12.1 Å². The van der Waals surface area contributed by atoms with Gasteiger partial charge in [0.15, 0.2) is 0 Å². The first-order chi connectivity index (χ1) is 26.2. The second-order valence-electron chi connectivity index (χ2n) is 14.9. The molecule has 0 unspecified atom stereocenters. The van der Waals surface area contributed by atoms with Crippen LogP contribution in [-0.4, -0.2) is 127 Å². The number of hydrogen-bond acceptors (Lipinski definition) is 15. The summed E-state index contributed by atoms with van der Waals surface area (Å²) in [6.07, 6.45) is 13.1. The minimum Gasteiger partial charge on any atom is -0.512 e. The van der Waals surface area contributed by atoms with E-state index in [1.54, 1.807) is 35.3 Å². The Balaban J connectivity index is 0.000000173. The van der Waals surface area contributed by atoms with Crippen LogP contribution in [0.15, 0.2) is 12.7 Å². The fourth-order valence-corrected chi connectivity index (χ4v) is 11.3. The van der Waals surface area contributed by atoms with Crippen molar-refractivity contribution in [3.63, 3.8) is 0 Å². The number of rotatable bonds is 6. The molecule has 4 fully saturated rings. The Morgan fingerprint density at radius 3 is 1.65 bits per heavy atom. The van der Waals surface area contributed by atoms with Crippen molar-refractivity contribution in [2.75, 3.05) is 59.7 Å². The Morgan fingerprint density at radius 1 is 0.673 bits per heavy atom. The first kappa shape index (κ1) is 42.6. The second kappa shape index (κ2) is 20.1. The summed E-state index contributed by atoms with van der Waals surface area (Å²) in [5.41, 5.74) is 2.72. The maximum absolute atomic E-state index is 6.42. The molecule has 0 atom stereocenters. The van der Waals surface area contributed by atoms with Gasteiger partial charge in [0.1, 0.15) is 34.5 Å². The zero-order valence-electron chi connectivity index (χ0n) is 32.2. The predicted octanol–water partition coefficient (Wildman–Crippen LogP) is 1.70. The predicted molar refractivity (Wildman–Crippen MR) is 209 cm³/mol. The summed E-state index contributed by atoms with van der Waals surface area (Å²) in [4.78, 5) is 30.4. The third-order valence-corrected chi connectivity index (χ3v) is 13.9. The van der Waals surface area contributed by atoms with E-state index < -0.39 is 0 Å². The molecule has 13 nitrogen and oxygen atoms in total. The van der Waals surface area contributed by atoms with Gasteiger partial charge >= 0.3 is 29.6 Å². The van der Waals surface area contributed by atoms with Crippen LogP contribution in [0.4, 0.5) is 0 Å². The molecule has 4 aromatic heterocycles. The van der Waals surface area contributed by atoms with E-state index in [1.807, 2.05) is 0 Å². The van der Waals surface area contributed by atoms with Crippen molar-refractivity contribution < 1.29 is 48.5 Å². The van der Waals surface area contributed by atoms with Crippen LogP contribution >= 0.6 is 22.7 Å². The van der Waals surface area contributed by atoms with Crippen LogP contribution in [0.3, 0.4) is 0 Å². The first-order valence-corrected chi connectivity index (χ1v) is 20.9. The van der Waals surface area contributed by atoms with Crippen LogP contribution in [0.5, 0.6) is 11.8 Å². The Bertz CT molecular complexity index is 1860. The molecular formula is C38H50BN9NaO4S2. The van der Waals surface area contributed by atoms with Gasteiger partial charge in [-0.2, -0.15) is 0 Å². The molecule has 0 spiro atoms. The second-order valence-corrected chi connectivity index (χ2v) is 17.1. The molecule has 2 saturated heterocycles. The first-order valence-electron chi connectivity index (χ1n) is 19.2. The van der Waals surface area contributed by atoms with Gasteiger partial charge < -0.3 is 36.1 Å². The molecule has 10 rings (SSSR count). The molecule has 4 aromatic rings. The summed E-state index contributed by atoms with van der Waals surface area (Å²) < 4.78 is 23.8. The third kappa shape index (κ3) is 9.66. The molecule has 287 valence electrons. The van der Waals surface area contributed by atoms with Gasteiger partial charge in [0.2, 0.25) is 11.8 Å². The standard InChI is InChI=1S/C19H26N4O2S.C18H24N4O2S.CN.B.Na/c1-22-10-15-16(11-22)26-19-17(15)18(20-12-21-19)25-14-4-2-13(3-5-14)23-6-8-24-9-7-23;1-3-13(4-2-12(1)22-5-7-23-8-6-22)24-17-16-14-9-19-10-15(14)25-18(16)21-11-20-17;1-2;;/h12-14H,2-11H2,1H3;11-13,19H,1-10H2;;;/q;;-1;;+1. The molecule has 0 amide bonds. The van der Waals surface area contributed by atoms with Crippen molar-refractivity contribution in [3.8, 4) is 11.8 Å². The third-order valence-electron chi connectivity index (χ3n) is 11.7. The minimum atomic E-state index is 0. The quantitative estimate of drug-likeness (QED) is 0.225. The molecule has 0 bridgehead atoms. The van der Waals surface area contributed by atoms with E-state index in [9.17, 15) is 0 Å². The van der Waals surface area contributed by atoms with Crippen molar-refractivity contribution in [3.05, 3.63) is 40.1 Å². The average Bonchev–Trinajstić information content (AvgIpc) is 3.98. The topological polar surface area (TPSA) is 134 Å². The SMILES string of the molecule is CN1Cc2sc3ncnc(OC4CCC(N5CCOCC5)CC4)c3c2C1.[B].[C-]#N.[Na+].c1nc(OC2CCC(N3CCOCC3)CC2)c2c3c(sc2n1)CNC3. The van der Waals surface area contributed by atoms with Crippen LogP contribution in [-0.2, 0) is 35.7 Å². The molecule has 17 heteroatoms. The van der Waals surface area contributed by atoms with Crippen LogP contribution in [0.2, 0.25) is 0 Å². The van der Waals surface area contributed by atoms with Gasteiger partial charge in [-0.3, -0.25) is 14.7 Å². The number of ether oxygens (including phenoxy) is 4. The van der Waals surface area contributed by atoms with Crippen molar-refractivity contribution in [1.82, 2.24) is 40.0 Å². The number of fused-ring (bicyclic) bond motifs is 6. The summed E-state index contributed by atoms with van der Waals surface area (Å²) in [6, 6.07) is 1.40. The average molecular weight is 795 g/mol. The van der Waals surface area contributed by atoms with Crippen LogP contribution in [0.1, 0.15) is 72.2 Å². The van der Waals surface area contributed by atoms with E-state index in [0.717, 1.165) is 137 Å². The van der Waals surface area contributed by atoms with Gasteiger partial charge in [-0.05, 0) is 69.5 Å². The normalized spacial score (nSPS) is 25.7. The Kier molecular flexibility index (Phi) is 15.6. The van der Waals surface area contributed by atoms with Gasteiger partial charge in [-0.1, -0.05) is 0 Å². The molecule has 1 N–H and O–H groups in total. The molecule has 6 aliphatic rings. The van der Waals surface area contributed by atoms with Crippen LogP contribution < -0.4 is 44.3 Å². The molecule has 3 radical (unpaired) electrons. The van der Waals surface area contributed by atoms with Gasteiger partial charge in [0.25, 0.3) is 0 Å². The zero-order chi connectivity index (χ0) is 36.1. The van der Waals surface area contributed by atoms with E-state index in [4.69, 9.17) is 30.8 Å². The Morgan fingerprint density at radius 2 is 1.15 bits per heavy atom. The summed E-state index contributed by atoms with van der Waals surface area (Å²) in [7, 11) is 2.16. The molecule has 0 aromatic carbocycles. The van der Waals surface area contributed by atoms with Crippen LogP contribution in [0.25, 0.3) is 20.4 Å². The summed E-state index contributed by atoms with van der Waals surface area (Å²) in [5.74, 6) is 1.60. The van der Waals surface area contributed by atoms with Crippen molar-refractivity contribution in [2.45, 2.75) is 102 Å². The summed E-state index contributed by atoms with van der Waals surface area (Å²) in [5, 5.41) is 12.0. The number of thiophene rings is 2. The molecule has 2 aliphatic carbocycles. The Hall–Kier alpha value is -2.01. The van der Waals surface area contributed by atoms with E-state index in [1.165, 1.54) is 46.6 Å². The van der Waals surface area contributed by atoms with Crippen molar-refractivity contribution in [1.29, 1.82) is 5.26 Å². The molecule has 8 heterocycles. The molecular weight excluding hydrogens is 744 g/mol. The van der Waals surface area contributed by atoms with E-state index in [-0.39, 0.29) is 50.2 Å². The van der Waals surface area contributed by atoms with Gasteiger partial charge in [-0.15, -0.1) is 22.7 Å².